The zero-order valence-electron chi connectivity index (χ0n) is 6.25. The van der Waals surface area contributed by atoms with E-state index in [4.69, 9.17) is 8.19 Å². The number of hydrogen-bond donors (Lipinski definition) is 2. The molecule has 0 bridgehead atoms. The molecule has 72 valence electrons. The van der Waals surface area contributed by atoms with Gasteiger partial charge in [0.2, 0.25) is 0 Å². The Bertz CT molecular complexity index is 424. The molecule has 13 heavy (non-hydrogen) atoms. The van der Waals surface area contributed by atoms with Crippen LogP contribution in [0.3, 0.4) is 0 Å². The first kappa shape index (κ1) is 10.9. The van der Waals surface area contributed by atoms with Crippen LogP contribution in [0.2, 0.25) is 0 Å². The van der Waals surface area contributed by atoms with Crippen molar-refractivity contribution in [2.45, 2.75) is 0 Å². The molecule has 0 aromatic heterocycles. The molecule has 0 atom stereocenters. The number of hydrogen-bond acceptors (Lipinski definition) is 3. The van der Waals surface area contributed by atoms with Gasteiger partial charge in [0.1, 0.15) is 0 Å². The summed E-state index contributed by atoms with van der Waals surface area (Å²) in [5.41, 5.74) is 0. The van der Waals surface area contributed by atoms with Crippen LogP contribution in [0.1, 0.15) is 0 Å². The minimum atomic E-state index is -4.94. The standard InChI is InChI=1S/C6H6AsIO5/c9-7(10,11)5-2-1-3-6(4-5)8(12)13/h1-4H,(H2,9,10,11). The fourth-order valence-electron chi connectivity index (χ4n) is 0.753. The van der Waals surface area contributed by atoms with Gasteiger partial charge in [0, 0.05) is 0 Å². The second-order valence-corrected chi connectivity index (χ2v) is 8.09. The van der Waals surface area contributed by atoms with Crippen LogP contribution in [0.25, 0.3) is 0 Å². The van der Waals surface area contributed by atoms with Gasteiger partial charge in [-0.05, 0) is 0 Å². The zero-order valence-corrected chi connectivity index (χ0v) is 10.3. The van der Waals surface area contributed by atoms with Crippen LogP contribution >= 0.6 is 19.8 Å². The van der Waals surface area contributed by atoms with Crippen LogP contribution in [0.15, 0.2) is 24.3 Å². The van der Waals surface area contributed by atoms with E-state index in [1.165, 1.54) is 18.2 Å². The fraction of sp³-hybridized carbons (Fsp3) is 0. The van der Waals surface area contributed by atoms with Gasteiger partial charge in [0.15, 0.2) is 0 Å². The van der Waals surface area contributed by atoms with Gasteiger partial charge < -0.3 is 0 Å². The molecule has 0 saturated carbocycles. The van der Waals surface area contributed by atoms with Gasteiger partial charge in [-0.25, -0.2) is 0 Å². The molecule has 0 aliphatic carbocycles. The molecule has 7 heteroatoms. The summed E-state index contributed by atoms with van der Waals surface area (Å²) in [6, 6.07) is 4.90. The Kier molecular flexibility index (Phi) is 3.28. The Hall–Kier alpha value is -0.172. The summed E-state index contributed by atoms with van der Waals surface area (Å²) in [5, 5.41) is 0. The van der Waals surface area contributed by atoms with Gasteiger partial charge in [-0.15, -0.1) is 0 Å². The van der Waals surface area contributed by atoms with E-state index in [1.807, 2.05) is 0 Å². The van der Waals surface area contributed by atoms with E-state index < -0.39 is 34.0 Å². The van der Waals surface area contributed by atoms with E-state index in [0.29, 0.717) is 0 Å². The Morgan fingerprint density at radius 2 is 1.85 bits per heavy atom. The molecule has 2 N–H and O–H groups in total. The van der Waals surface area contributed by atoms with E-state index in [2.05, 4.69) is 0 Å². The third-order valence-corrected chi connectivity index (χ3v) is 5.01. The summed E-state index contributed by atoms with van der Waals surface area (Å²) in [4.78, 5) is 0. The SMILES string of the molecule is O=I(=O)c1cccc([As](=O)(O)O)c1. The summed E-state index contributed by atoms with van der Waals surface area (Å²) < 4.78 is 49.3. The molecule has 1 rings (SSSR count). The van der Waals surface area contributed by atoms with Crippen LogP contribution in [-0.4, -0.2) is 22.4 Å². The molecule has 0 saturated heterocycles. The van der Waals surface area contributed by atoms with E-state index in [1.54, 1.807) is 0 Å². The van der Waals surface area contributed by atoms with Crippen molar-refractivity contribution in [1.29, 1.82) is 0 Å². The first-order valence-electron chi connectivity index (χ1n) is 3.13. The van der Waals surface area contributed by atoms with Crippen LogP contribution in [0.4, 0.5) is 0 Å². The number of benzene rings is 1. The Labute approximate surface area is 83.9 Å². The summed E-state index contributed by atoms with van der Waals surface area (Å²) in [6.07, 6.45) is 0. The van der Waals surface area contributed by atoms with Gasteiger partial charge in [-0.3, -0.25) is 0 Å². The summed E-state index contributed by atoms with van der Waals surface area (Å²) in [7, 11) is 0. The Morgan fingerprint density at radius 1 is 1.23 bits per heavy atom. The molecule has 0 aliphatic heterocycles. The average molecular weight is 360 g/mol. The monoisotopic (exact) mass is 360 g/mol. The zero-order chi connectivity index (χ0) is 10.1. The maximum atomic E-state index is 10.8. The molecule has 0 unspecified atom stereocenters. The van der Waals surface area contributed by atoms with Gasteiger partial charge in [0.25, 0.3) is 0 Å². The minimum absolute atomic E-state index is 0.00595. The molecule has 0 amide bonds. The van der Waals surface area contributed by atoms with Crippen LogP contribution < -0.4 is 4.35 Å². The van der Waals surface area contributed by atoms with Crippen molar-refractivity contribution in [2.24, 2.45) is 0 Å². The average Bonchev–Trinajstić information content (AvgIpc) is 2.03. The van der Waals surface area contributed by atoms with Crippen LogP contribution in [0.5, 0.6) is 0 Å². The predicted molar refractivity (Wildman–Crippen MR) is 51.0 cm³/mol. The van der Waals surface area contributed by atoms with E-state index >= 15 is 0 Å². The van der Waals surface area contributed by atoms with Crippen molar-refractivity contribution < 1.29 is 18.1 Å². The van der Waals surface area contributed by atoms with E-state index in [-0.39, 0.29) is 7.92 Å². The van der Waals surface area contributed by atoms with Crippen molar-refractivity contribution in [3.05, 3.63) is 27.8 Å². The first-order valence-corrected chi connectivity index (χ1v) is 9.35. The number of halogens is 1. The molecule has 5 nitrogen and oxygen atoms in total. The Morgan fingerprint density at radius 3 is 2.31 bits per heavy atom. The summed E-state index contributed by atoms with van der Waals surface area (Å²) in [6.45, 7) is 0. The van der Waals surface area contributed by atoms with E-state index in [0.717, 1.165) is 6.07 Å². The van der Waals surface area contributed by atoms with Crippen molar-refractivity contribution in [3.63, 3.8) is 0 Å². The van der Waals surface area contributed by atoms with Gasteiger partial charge in [0.05, 0.1) is 0 Å². The fourth-order valence-corrected chi connectivity index (χ4v) is 3.61. The van der Waals surface area contributed by atoms with E-state index in [9.17, 15) is 9.88 Å². The summed E-state index contributed by atoms with van der Waals surface area (Å²) >= 11 is -8.56. The number of rotatable bonds is 2. The quantitative estimate of drug-likeness (QED) is 0.554. The van der Waals surface area contributed by atoms with Gasteiger partial charge >= 0.3 is 84.2 Å². The van der Waals surface area contributed by atoms with Crippen molar-refractivity contribution >= 4 is 38.3 Å². The molecule has 0 heterocycles. The second kappa shape index (κ2) is 3.91. The molecule has 0 spiro atoms. The summed E-state index contributed by atoms with van der Waals surface area (Å²) in [5.74, 6) is 0. The molecule has 1 aromatic rings. The van der Waals surface area contributed by atoms with Crippen LogP contribution in [0, 0.1) is 3.57 Å². The van der Waals surface area contributed by atoms with Crippen molar-refractivity contribution in [3.8, 4) is 0 Å². The second-order valence-electron chi connectivity index (χ2n) is 2.24. The molecular formula is C6H6AsIO5. The third kappa shape index (κ3) is 2.91. The molecule has 1 aromatic carbocycles. The van der Waals surface area contributed by atoms with Gasteiger partial charge in [-0.1, -0.05) is 0 Å². The third-order valence-electron chi connectivity index (χ3n) is 1.32. The maximum absolute atomic E-state index is 10.8. The molecule has 0 fully saturated rings. The van der Waals surface area contributed by atoms with Gasteiger partial charge in [-0.2, -0.15) is 0 Å². The van der Waals surface area contributed by atoms with Crippen LogP contribution in [-0.2, 0) is 9.88 Å². The Balaban J connectivity index is 3.29. The predicted octanol–water partition coefficient (Wildman–Crippen LogP) is -0.385. The molecule has 0 radical (unpaired) electrons. The normalized spacial score (nSPS) is 11.9. The topological polar surface area (TPSA) is 91.7 Å². The van der Waals surface area contributed by atoms with Crippen molar-refractivity contribution in [1.82, 2.24) is 0 Å². The first-order chi connectivity index (χ1) is 5.91. The molecule has 0 aliphatic rings. The van der Waals surface area contributed by atoms with Crippen molar-refractivity contribution in [2.75, 3.05) is 0 Å². The molecular weight excluding hydrogens is 354 g/mol.